The van der Waals surface area contributed by atoms with E-state index in [4.69, 9.17) is 29.0 Å². The molecule has 0 unspecified atom stereocenters. The number of carbonyl (C=O) groups is 7. The van der Waals surface area contributed by atoms with Crippen molar-refractivity contribution < 1.29 is 102 Å². The van der Waals surface area contributed by atoms with Gasteiger partial charge >= 0.3 is 0 Å². The van der Waals surface area contributed by atoms with Crippen LogP contribution < -0.4 is 46.1 Å². The van der Waals surface area contributed by atoms with Crippen molar-refractivity contribution in [1.29, 1.82) is 0 Å². The predicted molar refractivity (Wildman–Crippen MR) is 375 cm³/mol. The summed E-state index contributed by atoms with van der Waals surface area (Å²) in [6, 6.07) is 6.79. The number of likely N-dealkylation sites (tertiary alicyclic amines) is 1. The zero-order chi connectivity index (χ0) is 74.5. The standard InChI is InChI=1S/C69H95N13O20S2/c1-38-35-80-59(60(38)89)65(94)71-34-46(84)32-49(72-61(90)42-11-9-41(10-12-42)50-37-81-69(73-50)103-66(77-81)43-13-15-45(16-14-43)78-24-19-48(20-25-78)99-29-7-6-28-98-5)62(91)74-56(39(2)83)67(95)79-36-47(85)33-51(79)63(92)75-57(54(88)30-40-8-17-52(86)55(31-40)100-104-102-101-97)64(93)76-58(68(80)96)53(87)18-23-70-44-21-26-82(3,4)27-22-44/h8-17,31,37-39,44,46-49,51,53-54,56-60,70,83-85,87-89H,6-7,18-30,32-36H2,1-5H3,(H6-,71,72,74,75,76,86,90,91,92,93,94,97)/t38-,39+,46+,47+,49+,51+,53-,54-,56+,57+,58+,59+,60+/m1/s1. The zero-order valence-corrected chi connectivity index (χ0v) is 60.2. The SMILES string of the molecule is COCCCCOC1CCN(c2ccc(-c3nn4cc(-c5ccc(C(=O)N[C@H]6C[C@H](O)CNC(=O)[C@@H]7[C@@H](O)[C@H](C)CN7C(=O)[C@H]([C@H](O)CCNC7CC[N+](C)(C)CC7)NC(=O)[C@H]([C@H](O)Cc7ccc([O-])c(OSOOO)c7)NC(=O)[C@@H]7C[C@H](O)CN7C(=O)[C@H]([C@H](C)O)NC6=O)cc5)nc4s3)cc2)CC1. The molecule has 0 bridgehead atoms. The Hall–Kier alpha value is -7.72. The molecule has 7 heterocycles. The summed E-state index contributed by atoms with van der Waals surface area (Å²) in [7, 11) is 5.93. The van der Waals surface area contributed by atoms with Gasteiger partial charge in [-0.05, 0) is 93.6 Å². The normalized spacial score (nSPS) is 26.0. The number of quaternary nitrogens is 1. The Balaban J connectivity index is 0.884. The van der Waals surface area contributed by atoms with Gasteiger partial charge in [0.05, 0.1) is 81.8 Å². The highest BCUT2D eigenvalue weighted by Gasteiger charge is 2.50. The molecule has 13 atom stereocenters. The fraction of sp³-hybridized carbons (Fsp3) is 0.580. The van der Waals surface area contributed by atoms with E-state index >= 15 is 9.59 Å². The number of aliphatic hydroxyl groups is 6. The van der Waals surface area contributed by atoms with Crippen LogP contribution in [0.1, 0.15) is 87.6 Å². The van der Waals surface area contributed by atoms with Gasteiger partial charge in [-0.25, -0.2) is 14.8 Å². The number of benzene rings is 3. The van der Waals surface area contributed by atoms with Crippen LogP contribution in [0.3, 0.4) is 0 Å². The topological polar surface area (TPSA) is 442 Å². The number of rotatable bonds is 24. The molecule has 35 heteroatoms. The molecule has 5 aliphatic rings. The molecular weight excluding hydrogens is 1390 g/mol. The van der Waals surface area contributed by atoms with Crippen molar-refractivity contribution >= 4 is 75.7 Å². The monoisotopic (exact) mass is 1490 g/mol. The molecule has 5 aromatic rings. The maximum Gasteiger partial charge on any atom is 0.261 e. The van der Waals surface area contributed by atoms with Crippen molar-refractivity contribution in [3.05, 3.63) is 84.1 Å². The number of nitrogens with zero attached hydrogens (tertiary/aromatic N) is 7. The number of hydrogen-bond acceptors (Lipinski definition) is 26. The van der Waals surface area contributed by atoms with Crippen LogP contribution in [-0.2, 0) is 54.0 Å². The van der Waals surface area contributed by atoms with Gasteiger partial charge in [-0.2, -0.15) is 5.10 Å². The molecule has 0 radical (unpaired) electrons. The summed E-state index contributed by atoms with van der Waals surface area (Å²) in [4.78, 5) is 113. The number of aromatic nitrogens is 3. The van der Waals surface area contributed by atoms with Crippen LogP contribution >= 0.6 is 23.7 Å². The Labute approximate surface area is 609 Å². The molecule has 5 saturated heterocycles. The first-order chi connectivity index (χ1) is 49.8. The van der Waals surface area contributed by atoms with Crippen LogP contribution in [0.25, 0.3) is 26.8 Å². The lowest BCUT2D eigenvalue weighted by atomic mass is 9.98. The summed E-state index contributed by atoms with van der Waals surface area (Å²) in [5.41, 5.74) is 3.32. The van der Waals surface area contributed by atoms with Gasteiger partial charge in [-0.15, -0.1) is 0 Å². The highest BCUT2D eigenvalue weighted by atomic mass is 32.2. The third kappa shape index (κ3) is 20.0. The zero-order valence-electron chi connectivity index (χ0n) is 58.6. The van der Waals surface area contributed by atoms with Crippen molar-refractivity contribution in [1.82, 2.24) is 56.3 Å². The first kappa shape index (κ1) is 78.9. The highest BCUT2D eigenvalue weighted by Crippen LogP contribution is 2.33. The molecule has 33 nitrogen and oxygen atoms in total. The van der Waals surface area contributed by atoms with Crippen molar-refractivity contribution in [2.75, 3.05) is 91.7 Å². The number of aliphatic hydroxyl groups excluding tert-OH is 6. The predicted octanol–water partition coefficient (Wildman–Crippen LogP) is -0.859. The van der Waals surface area contributed by atoms with Crippen LogP contribution in [0.2, 0.25) is 0 Å². The smallest absolute Gasteiger partial charge is 0.261 e. The summed E-state index contributed by atoms with van der Waals surface area (Å²) in [6.07, 6.45) is -4.65. The second-order valence-electron chi connectivity index (χ2n) is 28.1. The Morgan fingerprint density at radius 1 is 0.798 bits per heavy atom. The van der Waals surface area contributed by atoms with Crippen molar-refractivity contribution in [2.24, 2.45) is 5.92 Å². The van der Waals surface area contributed by atoms with Gasteiger partial charge < -0.3 is 100 Å². The minimum atomic E-state index is -2.12. The van der Waals surface area contributed by atoms with Crippen molar-refractivity contribution in [3.8, 4) is 33.3 Å². The van der Waals surface area contributed by atoms with Gasteiger partial charge in [0.25, 0.3) is 18.2 Å². The van der Waals surface area contributed by atoms with E-state index in [9.17, 15) is 59.7 Å². The number of nitrogens with one attached hydrogen (secondary N) is 6. The highest BCUT2D eigenvalue weighted by molar-refractivity contribution is 7.90. The Kier molecular flexibility index (Phi) is 27.3. The number of carbonyl (C=O) groups excluding carboxylic acids is 7. The van der Waals surface area contributed by atoms with Crippen LogP contribution in [0.15, 0.2) is 72.9 Å². The quantitative estimate of drug-likeness (QED) is 0.0118. The molecule has 2 aromatic heterocycles. The number of hydrogen-bond donors (Lipinski definition) is 13. The van der Waals surface area contributed by atoms with Crippen molar-refractivity contribution in [2.45, 2.75) is 163 Å². The lowest BCUT2D eigenvalue weighted by Gasteiger charge is -2.37. The summed E-state index contributed by atoms with van der Waals surface area (Å²) in [5.74, 6) is -9.54. The number of anilines is 1. The number of amides is 7. The summed E-state index contributed by atoms with van der Waals surface area (Å²) >= 11 is 1.45. The molecule has 7 amide bonds. The van der Waals surface area contributed by atoms with E-state index in [1.807, 2.05) is 12.1 Å². The van der Waals surface area contributed by atoms with Gasteiger partial charge in [-0.3, -0.25) is 33.6 Å². The van der Waals surface area contributed by atoms with Crippen molar-refractivity contribution in [3.63, 3.8) is 0 Å². The van der Waals surface area contributed by atoms with Crippen LogP contribution in [0, 0.1) is 5.92 Å². The number of β-amino-alcohol motifs (C(OH)–C–C–N with tert-alkyl or cyclic N) is 1. The maximum absolute atomic E-state index is 15.2. The van der Waals surface area contributed by atoms with Crippen LogP contribution in [0.4, 0.5) is 5.69 Å². The number of unbranched alkanes of at least 4 members (excludes halogenated alkanes) is 1. The largest absolute Gasteiger partial charge is 0.870 e. The van der Waals surface area contributed by atoms with Gasteiger partial charge in [0.2, 0.25) is 40.4 Å². The summed E-state index contributed by atoms with van der Waals surface area (Å²) < 4.78 is 23.1. The average molecular weight is 1490 g/mol. The molecule has 0 spiro atoms. The maximum atomic E-state index is 15.2. The van der Waals surface area contributed by atoms with E-state index in [2.05, 4.69) is 72.4 Å². The fourth-order valence-corrected chi connectivity index (χ4v) is 15.0. The molecule has 104 heavy (non-hydrogen) atoms. The first-order valence-electron chi connectivity index (χ1n) is 35.1. The molecule has 3 aromatic carbocycles. The van der Waals surface area contributed by atoms with E-state index in [-0.39, 0.29) is 55.1 Å². The fourth-order valence-electron chi connectivity index (χ4n) is 13.8. The molecule has 5 fully saturated rings. The Morgan fingerprint density at radius 2 is 1.48 bits per heavy atom. The van der Waals surface area contributed by atoms with Gasteiger partial charge in [-0.1, -0.05) is 57.6 Å². The van der Waals surface area contributed by atoms with Gasteiger partial charge in [0.15, 0.2) is 0 Å². The van der Waals surface area contributed by atoms with E-state index in [0.29, 0.717) is 16.2 Å². The Morgan fingerprint density at radius 3 is 2.17 bits per heavy atom. The third-order valence-corrected chi connectivity index (χ3v) is 21.3. The molecule has 13 N–H and O–H groups in total. The second kappa shape index (κ2) is 36.0. The minimum absolute atomic E-state index is 0.0297. The van der Waals surface area contributed by atoms with E-state index < -0.39 is 164 Å². The van der Waals surface area contributed by atoms with E-state index in [1.165, 1.54) is 29.5 Å². The lowest BCUT2D eigenvalue weighted by molar-refractivity contribution is -0.895. The summed E-state index contributed by atoms with van der Waals surface area (Å²) in [6.45, 7) is 6.26. The third-order valence-electron chi connectivity index (χ3n) is 19.9. The van der Waals surface area contributed by atoms with Gasteiger partial charge in [0, 0.05) is 119 Å². The number of imidazole rings is 1. The Bertz CT molecular complexity index is 3710. The lowest BCUT2D eigenvalue weighted by Crippen LogP contribution is -2.64. The minimum Gasteiger partial charge on any atom is -0.870 e. The summed E-state index contributed by atoms with van der Waals surface area (Å²) in [5, 5.41) is 116. The van der Waals surface area contributed by atoms with Crippen LogP contribution in [0.5, 0.6) is 11.5 Å². The number of ether oxygens (including phenoxy) is 2. The molecule has 568 valence electrons. The molecule has 10 rings (SSSR count). The van der Waals surface area contributed by atoms with E-state index in [1.54, 1.807) is 36.9 Å². The molecular formula is C69H95N13O20S2. The van der Waals surface area contributed by atoms with E-state index in [0.717, 1.165) is 128 Å². The van der Waals surface area contributed by atoms with Gasteiger partial charge in [0.1, 0.15) is 47.0 Å². The second-order valence-corrected chi connectivity index (χ2v) is 29.5. The molecule has 0 saturated carbocycles. The van der Waals surface area contributed by atoms with Crippen LogP contribution in [-0.4, -0.2) is 278 Å². The molecule has 5 aliphatic heterocycles. The number of piperidine rings is 2. The average Bonchev–Trinajstić information content (AvgIpc) is 1.63. The number of fused-ring (bicyclic) bond motifs is 3. The first-order valence-corrected chi connectivity index (χ1v) is 36.5. The molecule has 0 aliphatic carbocycles. The number of methoxy groups -OCH3 is 1.